The number of nitrogens with zero attached hydrogens (tertiary/aromatic N) is 2. The van der Waals surface area contributed by atoms with Gasteiger partial charge in [-0.05, 0) is 68.0 Å². The van der Waals surface area contributed by atoms with E-state index in [1.165, 1.54) is 4.57 Å². The van der Waals surface area contributed by atoms with E-state index in [1.54, 1.807) is 13.2 Å². The number of fused-ring (bicyclic) bond motifs is 1. The number of aromatic amines is 1. The van der Waals surface area contributed by atoms with Crippen molar-refractivity contribution in [3.63, 3.8) is 0 Å². The van der Waals surface area contributed by atoms with Gasteiger partial charge >= 0.3 is 0 Å². The number of rotatable bonds is 8. The fraction of sp³-hybridized carbons (Fsp3) is 0.375. The number of nitrogens with one attached hydrogen (secondary N) is 2. The number of carbonyl (C=O) groups is 1. The zero-order valence-electron chi connectivity index (χ0n) is 18.2. The average molecular weight is 453 g/mol. The van der Waals surface area contributed by atoms with E-state index >= 15 is 0 Å². The molecule has 32 heavy (non-hydrogen) atoms. The SMILES string of the molecule is COc1cccc(C(CNC(=O)CCn2c(=S)[nH]c3ccccc3c2=O)N2CCCC2)c1. The Kier molecular flexibility index (Phi) is 7.02. The van der Waals surface area contributed by atoms with Gasteiger partial charge in [0.1, 0.15) is 5.75 Å². The topological polar surface area (TPSA) is 79.4 Å². The minimum absolute atomic E-state index is 0.0859. The smallest absolute Gasteiger partial charge is 0.262 e. The minimum atomic E-state index is -0.177. The quantitative estimate of drug-likeness (QED) is 0.512. The third-order valence-corrected chi connectivity index (χ3v) is 6.33. The van der Waals surface area contributed by atoms with Gasteiger partial charge in [0.05, 0.1) is 24.1 Å². The standard InChI is InChI=1S/C24H28N4O3S/c1-31-18-8-6-7-17(15-18)21(27-12-4-5-13-27)16-25-22(29)11-14-28-23(30)19-9-2-3-10-20(19)26-24(28)32/h2-3,6-10,15,21H,4-5,11-14,16H2,1H3,(H,25,29)(H,26,32). The average Bonchev–Trinajstić information content (AvgIpc) is 3.34. The molecule has 0 bridgehead atoms. The summed E-state index contributed by atoms with van der Waals surface area (Å²) < 4.78 is 7.16. The van der Waals surface area contributed by atoms with Crippen LogP contribution in [0, 0.1) is 4.77 Å². The van der Waals surface area contributed by atoms with E-state index in [0.29, 0.717) is 22.2 Å². The molecule has 1 unspecified atom stereocenters. The predicted octanol–water partition coefficient (Wildman–Crippen LogP) is 3.41. The summed E-state index contributed by atoms with van der Waals surface area (Å²) in [7, 11) is 1.66. The summed E-state index contributed by atoms with van der Waals surface area (Å²) in [6.45, 7) is 2.77. The van der Waals surface area contributed by atoms with Crippen LogP contribution in [0.5, 0.6) is 5.75 Å². The van der Waals surface area contributed by atoms with Crippen LogP contribution in [0.3, 0.4) is 0 Å². The zero-order chi connectivity index (χ0) is 22.5. The second kappa shape index (κ2) is 10.1. The minimum Gasteiger partial charge on any atom is -0.497 e. The number of methoxy groups -OCH3 is 1. The first-order chi connectivity index (χ1) is 15.6. The van der Waals surface area contributed by atoms with Crippen molar-refractivity contribution in [2.24, 2.45) is 0 Å². The molecule has 168 valence electrons. The van der Waals surface area contributed by atoms with Crippen LogP contribution < -0.4 is 15.6 Å². The van der Waals surface area contributed by atoms with Crippen molar-refractivity contribution in [1.29, 1.82) is 0 Å². The molecule has 1 amide bonds. The van der Waals surface area contributed by atoms with Gasteiger partial charge in [-0.25, -0.2) is 0 Å². The van der Waals surface area contributed by atoms with E-state index in [9.17, 15) is 9.59 Å². The van der Waals surface area contributed by atoms with Crippen LogP contribution in [-0.2, 0) is 11.3 Å². The normalized spacial score (nSPS) is 15.0. The Labute approximate surface area is 192 Å². The maximum absolute atomic E-state index is 12.8. The number of hydrogen-bond donors (Lipinski definition) is 2. The first-order valence-electron chi connectivity index (χ1n) is 10.9. The Morgan fingerprint density at radius 1 is 1.19 bits per heavy atom. The summed E-state index contributed by atoms with van der Waals surface area (Å²) >= 11 is 5.34. The van der Waals surface area contributed by atoms with Crippen LogP contribution in [0.4, 0.5) is 0 Å². The molecular weight excluding hydrogens is 424 g/mol. The first-order valence-corrected chi connectivity index (χ1v) is 11.3. The van der Waals surface area contributed by atoms with E-state index in [0.717, 1.165) is 37.2 Å². The van der Waals surface area contributed by atoms with Crippen molar-refractivity contribution in [2.75, 3.05) is 26.7 Å². The molecule has 3 aromatic rings. The highest BCUT2D eigenvalue weighted by atomic mass is 32.1. The molecule has 1 aromatic heterocycles. The molecule has 1 fully saturated rings. The third-order valence-electron chi connectivity index (χ3n) is 6.00. The number of likely N-dealkylation sites (tertiary alicyclic amines) is 1. The van der Waals surface area contributed by atoms with Gasteiger partial charge in [-0.3, -0.25) is 19.1 Å². The lowest BCUT2D eigenvalue weighted by Gasteiger charge is -2.28. The fourth-order valence-electron chi connectivity index (χ4n) is 4.27. The predicted molar refractivity (Wildman–Crippen MR) is 128 cm³/mol. The monoisotopic (exact) mass is 452 g/mol. The molecule has 2 N–H and O–H groups in total. The van der Waals surface area contributed by atoms with Crippen molar-refractivity contribution in [3.8, 4) is 5.75 Å². The summed E-state index contributed by atoms with van der Waals surface area (Å²) in [4.78, 5) is 30.9. The number of amides is 1. The van der Waals surface area contributed by atoms with Gasteiger partial charge in [-0.2, -0.15) is 0 Å². The van der Waals surface area contributed by atoms with Crippen LogP contribution in [0.1, 0.15) is 30.9 Å². The molecule has 8 heteroatoms. The van der Waals surface area contributed by atoms with E-state index in [2.05, 4.69) is 21.3 Å². The summed E-state index contributed by atoms with van der Waals surface area (Å²) in [6, 6.07) is 15.3. The summed E-state index contributed by atoms with van der Waals surface area (Å²) in [5, 5.41) is 3.62. The number of para-hydroxylation sites is 1. The van der Waals surface area contributed by atoms with Crippen LogP contribution >= 0.6 is 12.2 Å². The highest BCUT2D eigenvalue weighted by Gasteiger charge is 2.24. The zero-order valence-corrected chi connectivity index (χ0v) is 19.0. The highest BCUT2D eigenvalue weighted by Crippen LogP contribution is 2.27. The van der Waals surface area contributed by atoms with E-state index in [4.69, 9.17) is 17.0 Å². The lowest BCUT2D eigenvalue weighted by molar-refractivity contribution is -0.121. The Bertz CT molecular complexity index is 1210. The van der Waals surface area contributed by atoms with Crippen molar-refractivity contribution < 1.29 is 9.53 Å². The van der Waals surface area contributed by atoms with Crippen LogP contribution in [0.25, 0.3) is 10.9 Å². The van der Waals surface area contributed by atoms with Crippen LogP contribution in [0.2, 0.25) is 0 Å². The van der Waals surface area contributed by atoms with Crippen molar-refractivity contribution in [2.45, 2.75) is 31.8 Å². The van der Waals surface area contributed by atoms with Gasteiger partial charge in [0.2, 0.25) is 5.91 Å². The number of benzene rings is 2. The van der Waals surface area contributed by atoms with E-state index < -0.39 is 0 Å². The molecule has 2 heterocycles. The van der Waals surface area contributed by atoms with Gasteiger partial charge in [-0.15, -0.1) is 0 Å². The van der Waals surface area contributed by atoms with E-state index in [-0.39, 0.29) is 30.5 Å². The molecule has 1 atom stereocenters. The second-order valence-corrected chi connectivity index (χ2v) is 8.41. The number of aromatic nitrogens is 2. The summed E-state index contributed by atoms with van der Waals surface area (Å²) in [5.74, 6) is 0.703. The maximum Gasteiger partial charge on any atom is 0.262 e. The molecular formula is C24H28N4O3S. The Balaban J connectivity index is 1.43. The summed E-state index contributed by atoms with van der Waals surface area (Å²) in [6.07, 6.45) is 2.51. The van der Waals surface area contributed by atoms with Gasteiger partial charge in [0.25, 0.3) is 5.56 Å². The molecule has 1 aliphatic rings. The van der Waals surface area contributed by atoms with Crippen LogP contribution in [0.15, 0.2) is 53.3 Å². The van der Waals surface area contributed by atoms with Crippen molar-refractivity contribution in [3.05, 3.63) is 69.2 Å². The second-order valence-electron chi connectivity index (χ2n) is 8.02. The maximum atomic E-state index is 12.8. The van der Waals surface area contributed by atoms with Crippen molar-refractivity contribution in [1.82, 2.24) is 19.8 Å². The molecule has 1 saturated heterocycles. The Hall–Kier alpha value is -2.97. The number of hydrogen-bond acceptors (Lipinski definition) is 5. The van der Waals surface area contributed by atoms with E-state index in [1.807, 2.05) is 36.4 Å². The largest absolute Gasteiger partial charge is 0.497 e. The number of ether oxygens (including phenoxy) is 1. The molecule has 0 saturated carbocycles. The van der Waals surface area contributed by atoms with Gasteiger partial charge in [-0.1, -0.05) is 24.3 Å². The number of carbonyl (C=O) groups excluding carboxylic acids is 1. The Morgan fingerprint density at radius 2 is 1.97 bits per heavy atom. The van der Waals surface area contributed by atoms with Gasteiger partial charge < -0.3 is 15.0 Å². The lowest BCUT2D eigenvalue weighted by atomic mass is 10.0. The molecule has 1 aliphatic heterocycles. The lowest BCUT2D eigenvalue weighted by Crippen LogP contribution is -2.37. The highest BCUT2D eigenvalue weighted by molar-refractivity contribution is 7.71. The first kappa shape index (κ1) is 22.2. The molecule has 0 aliphatic carbocycles. The summed E-state index contributed by atoms with van der Waals surface area (Å²) in [5.41, 5.74) is 1.65. The molecule has 0 radical (unpaired) electrons. The number of H-pyrrole nitrogens is 1. The van der Waals surface area contributed by atoms with Gasteiger partial charge in [0, 0.05) is 19.5 Å². The van der Waals surface area contributed by atoms with Gasteiger partial charge in [0.15, 0.2) is 4.77 Å². The van der Waals surface area contributed by atoms with Crippen molar-refractivity contribution >= 4 is 29.0 Å². The molecule has 4 rings (SSSR count). The third kappa shape index (κ3) is 4.92. The molecule has 0 spiro atoms. The van der Waals surface area contributed by atoms with Crippen LogP contribution in [-0.4, -0.2) is 47.1 Å². The Morgan fingerprint density at radius 3 is 2.75 bits per heavy atom. The fourth-order valence-corrected chi connectivity index (χ4v) is 4.56. The molecule has 2 aromatic carbocycles. The molecule has 7 nitrogen and oxygen atoms in total.